The summed E-state index contributed by atoms with van der Waals surface area (Å²) in [5.41, 5.74) is 1.26. The van der Waals surface area contributed by atoms with Crippen LogP contribution >= 0.6 is 23.2 Å². The molecule has 0 bridgehead atoms. The van der Waals surface area contributed by atoms with Gasteiger partial charge < -0.3 is 9.47 Å². The van der Waals surface area contributed by atoms with E-state index in [1.165, 1.54) is 18.6 Å². The van der Waals surface area contributed by atoms with Crippen molar-refractivity contribution >= 4 is 34.9 Å². The van der Waals surface area contributed by atoms with E-state index in [1.54, 1.807) is 19.3 Å². The molecule has 2 heterocycles. The zero-order chi connectivity index (χ0) is 18.2. The number of pyridine rings is 2. The molecule has 25 heavy (non-hydrogen) atoms. The summed E-state index contributed by atoms with van der Waals surface area (Å²) in [6.45, 7) is 2.64. The molecule has 2 rings (SSSR count). The van der Waals surface area contributed by atoms with Crippen LogP contribution in [0, 0.1) is 11.3 Å². The molecule has 0 atom stereocenters. The largest absolute Gasteiger partial charge is 0.491 e. The normalized spacial score (nSPS) is 11.1. The van der Waals surface area contributed by atoms with Crippen LogP contribution in [0.1, 0.15) is 31.0 Å². The van der Waals surface area contributed by atoms with Crippen LogP contribution in [-0.4, -0.2) is 23.7 Å². The second-order valence-corrected chi connectivity index (χ2v) is 5.92. The third-order valence-electron chi connectivity index (χ3n) is 3.38. The van der Waals surface area contributed by atoms with Gasteiger partial charge in [0.2, 0.25) is 0 Å². The third kappa shape index (κ3) is 4.85. The highest BCUT2D eigenvalue weighted by Gasteiger charge is 2.12. The van der Waals surface area contributed by atoms with Crippen molar-refractivity contribution in [1.29, 1.82) is 5.26 Å². The molecule has 0 aliphatic heterocycles. The molecule has 0 saturated heterocycles. The van der Waals surface area contributed by atoms with E-state index >= 15 is 0 Å². The summed E-state index contributed by atoms with van der Waals surface area (Å²) in [7, 11) is 1.54. The molecule has 0 aliphatic carbocycles. The minimum absolute atomic E-state index is 0.304. The van der Waals surface area contributed by atoms with E-state index in [1.807, 2.05) is 0 Å². The van der Waals surface area contributed by atoms with Gasteiger partial charge in [-0.3, -0.25) is 9.97 Å². The first kappa shape index (κ1) is 19.0. The summed E-state index contributed by atoms with van der Waals surface area (Å²) >= 11 is 12.2. The lowest BCUT2D eigenvalue weighted by Gasteiger charge is -2.11. The van der Waals surface area contributed by atoms with Crippen molar-refractivity contribution < 1.29 is 9.47 Å². The molecule has 7 heteroatoms. The minimum atomic E-state index is 0.304. The summed E-state index contributed by atoms with van der Waals surface area (Å²) in [5, 5.41) is 10.2. The van der Waals surface area contributed by atoms with Gasteiger partial charge in [0.05, 0.1) is 41.2 Å². The number of halogens is 2. The molecule has 0 aliphatic rings. The van der Waals surface area contributed by atoms with Crippen LogP contribution < -0.4 is 9.47 Å². The molecule has 0 saturated carbocycles. The average Bonchev–Trinajstić information content (AvgIpc) is 2.62. The van der Waals surface area contributed by atoms with Crippen LogP contribution in [0.5, 0.6) is 11.5 Å². The Hall–Kier alpha value is -2.29. The van der Waals surface area contributed by atoms with Crippen molar-refractivity contribution in [1.82, 2.24) is 9.97 Å². The molecule has 0 unspecified atom stereocenters. The summed E-state index contributed by atoms with van der Waals surface area (Å²) in [4.78, 5) is 8.17. The van der Waals surface area contributed by atoms with Gasteiger partial charge in [0.25, 0.3) is 0 Å². The third-order valence-corrected chi connectivity index (χ3v) is 3.98. The summed E-state index contributed by atoms with van der Waals surface area (Å²) in [6, 6.07) is 3.79. The molecule has 0 radical (unpaired) electrons. The van der Waals surface area contributed by atoms with Crippen molar-refractivity contribution in [3.05, 3.63) is 46.0 Å². The fourth-order valence-corrected chi connectivity index (χ4v) is 2.51. The van der Waals surface area contributed by atoms with E-state index < -0.39 is 0 Å². The highest BCUT2D eigenvalue weighted by molar-refractivity contribution is 6.37. The van der Waals surface area contributed by atoms with E-state index in [-0.39, 0.29) is 0 Å². The Labute approximate surface area is 156 Å². The lowest BCUT2D eigenvalue weighted by atomic mass is 10.1. The van der Waals surface area contributed by atoms with Crippen molar-refractivity contribution in [2.24, 2.45) is 0 Å². The number of hydrogen-bond acceptors (Lipinski definition) is 5. The topological polar surface area (TPSA) is 68.0 Å². The number of allylic oxidation sites excluding steroid dienone is 1. The number of methoxy groups -OCH3 is 1. The Morgan fingerprint density at radius 3 is 2.56 bits per heavy atom. The van der Waals surface area contributed by atoms with Crippen LogP contribution in [0.4, 0.5) is 0 Å². The highest BCUT2D eigenvalue weighted by Crippen LogP contribution is 2.31. The number of hydrogen-bond donors (Lipinski definition) is 0. The monoisotopic (exact) mass is 377 g/mol. The molecule has 0 N–H and O–H groups in total. The number of unbranched alkanes of at least 4 members (excludes halogenated alkanes) is 1. The number of ether oxygens (including phenoxy) is 2. The van der Waals surface area contributed by atoms with Crippen molar-refractivity contribution in [2.75, 3.05) is 13.7 Å². The van der Waals surface area contributed by atoms with Crippen molar-refractivity contribution in [3.8, 4) is 17.6 Å². The van der Waals surface area contributed by atoms with Crippen LogP contribution in [-0.2, 0) is 0 Å². The second-order valence-electron chi connectivity index (χ2n) is 5.11. The lowest BCUT2D eigenvalue weighted by Crippen LogP contribution is -2.01. The molecule has 0 amide bonds. The number of nitrogens with zero attached hydrogens (tertiary/aromatic N) is 3. The van der Waals surface area contributed by atoms with Gasteiger partial charge in [-0.25, -0.2) is 0 Å². The molecule has 0 aromatic carbocycles. The van der Waals surface area contributed by atoms with E-state index in [0.29, 0.717) is 45.0 Å². The molecule has 0 fully saturated rings. The van der Waals surface area contributed by atoms with Gasteiger partial charge in [-0.05, 0) is 12.5 Å². The Bertz CT molecular complexity index is 796. The van der Waals surface area contributed by atoms with Gasteiger partial charge in [-0.2, -0.15) is 5.26 Å². The fraction of sp³-hybridized carbons (Fsp3) is 0.278. The fourth-order valence-electron chi connectivity index (χ4n) is 2.03. The smallest absolute Gasteiger partial charge is 0.179 e. The van der Waals surface area contributed by atoms with Gasteiger partial charge in [-0.1, -0.05) is 36.5 Å². The maximum absolute atomic E-state index is 9.52. The van der Waals surface area contributed by atoms with E-state index in [9.17, 15) is 5.26 Å². The first-order chi connectivity index (χ1) is 12.1. The first-order valence-corrected chi connectivity index (χ1v) is 8.44. The average molecular weight is 378 g/mol. The quantitative estimate of drug-likeness (QED) is 0.499. The highest BCUT2D eigenvalue weighted by atomic mass is 35.5. The van der Waals surface area contributed by atoms with Crippen molar-refractivity contribution in [3.63, 3.8) is 0 Å². The lowest BCUT2D eigenvalue weighted by molar-refractivity contribution is 0.287. The molecule has 5 nitrogen and oxygen atoms in total. The van der Waals surface area contributed by atoms with Crippen LogP contribution in [0.2, 0.25) is 10.0 Å². The van der Waals surface area contributed by atoms with Gasteiger partial charge in [0.15, 0.2) is 11.5 Å². The Morgan fingerprint density at radius 1 is 1.24 bits per heavy atom. The minimum Gasteiger partial charge on any atom is -0.491 e. The molecule has 130 valence electrons. The maximum Gasteiger partial charge on any atom is 0.179 e. The van der Waals surface area contributed by atoms with E-state index in [0.717, 1.165) is 12.8 Å². The van der Waals surface area contributed by atoms with Gasteiger partial charge in [0, 0.05) is 24.0 Å². The SMILES string of the molecule is CCCCOc1cc(/C(C#N)=C/c2c(Cl)cncc2Cl)ncc1OC. The van der Waals surface area contributed by atoms with Crippen LogP contribution in [0.25, 0.3) is 11.6 Å². The zero-order valence-electron chi connectivity index (χ0n) is 13.9. The zero-order valence-corrected chi connectivity index (χ0v) is 15.4. The number of nitriles is 1. The van der Waals surface area contributed by atoms with Gasteiger partial charge >= 0.3 is 0 Å². The predicted octanol–water partition coefficient (Wildman–Crippen LogP) is 5.04. The Kier molecular flexibility index (Phi) is 7.05. The molecule has 2 aromatic heterocycles. The van der Waals surface area contributed by atoms with Gasteiger partial charge in [-0.15, -0.1) is 0 Å². The molecule has 2 aromatic rings. The number of rotatable bonds is 7. The summed E-state index contributed by atoms with van der Waals surface area (Å²) in [6.07, 6.45) is 7.98. The summed E-state index contributed by atoms with van der Waals surface area (Å²) in [5.74, 6) is 1.05. The van der Waals surface area contributed by atoms with E-state index in [4.69, 9.17) is 32.7 Å². The van der Waals surface area contributed by atoms with Gasteiger partial charge in [0.1, 0.15) is 6.07 Å². The summed E-state index contributed by atoms with van der Waals surface area (Å²) < 4.78 is 11.0. The second kappa shape index (κ2) is 9.26. The Balaban J connectivity index is 2.42. The van der Waals surface area contributed by atoms with Crippen LogP contribution in [0.15, 0.2) is 24.7 Å². The molecular formula is C18H17Cl2N3O2. The standard InChI is InChI=1S/C18H17Cl2N3O2/c1-3-4-5-25-17-7-16(23-11-18(17)24-2)12(8-21)6-13-14(19)9-22-10-15(13)20/h6-7,9-11H,3-5H2,1-2H3/b12-6+. The maximum atomic E-state index is 9.52. The molecular weight excluding hydrogens is 361 g/mol. The van der Waals surface area contributed by atoms with E-state index in [2.05, 4.69) is 23.0 Å². The number of aromatic nitrogens is 2. The van der Waals surface area contributed by atoms with Crippen molar-refractivity contribution in [2.45, 2.75) is 19.8 Å². The predicted molar refractivity (Wildman–Crippen MR) is 98.9 cm³/mol. The Morgan fingerprint density at radius 2 is 1.96 bits per heavy atom. The van der Waals surface area contributed by atoms with Crippen LogP contribution in [0.3, 0.4) is 0 Å². The molecule has 0 spiro atoms. The first-order valence-electron chi connectivity index (χ1n) is 7.68.